The van der Waals surface area contributed by atoms with Gasteiger partial charge in [-0.1, -0.05) is 23.0 Å². The van der Waals surface area contributed by atoms with Gasteiger partial charge in [-0.3, -0.25) is 4.90 Å². The Hall–Kier alpha value is -0.230. The molecule has 6 heteroatoms. The van der Waals surface area contributed by atoms with Crippen molar-refractivity contribution in [3.05, 3.63) is 10.0 Å². The Labute approximate surface area is 111 Å². The maximum atomic E-state index is 6.01. The lowest BCUT2D eigenvalue weighted by atomic mass is 10.1. The van der Waals surface area contributed by atoms with E-state index in [0.29, 0.717) is 10.4 Å². The SMILES string of the molecule is CCCOC1CCCN(Cc2nnsc2Cl)C1. The van der Waals surface area contributed by atoms with Crippen LogP contribution in [-0.2, 0) is 11.3 Å². The fourth-order valence-corrected chi connectivity index (χ4v) is 2.69. The molecule has 1 saturated heterocycles. The summed E-state index contributed by atoms with van der Waals surface area (Å²) in [5.74, 6) is 0. The highest BCUT2D eigenvalue weighted by atomic mass is 35.5. The third kappa shape index (κ3) is 3.88. The van der Waals surface area contributed by atoms with E-state index in [1.165, 1.54) is 24.4 Å². The Morgan fingerprint density at radius 2 is 2.47 bits per heavy atom. The summed E-state index contributed by atoms with van der Waals surface area (Å²) >= 11 is 7.27. The summed E-state index contributed by atoms with van der Waals surface area (Å²) in [5, 5.41) is 4.05. The lowest BCUT2D eigenvalue weighted by Crippen LogP contribution is -2.39. The number of piperidine rings is 1. The Bertz CT molecular complexity index is 347. The van der Waals surface area contributed by atoms with Crippen LogP contribution in [0, 0.1) is 0 Å². The highest BCUT2D eigenvalue weighted by Gasteiger charge is 2.21. The van der Waals surface area contributed by atoms with E-state index in [-0.39, 0.29) is 0 Å². The van der Waals surface area contributed by atoms with Crippen LogP contribution in [0.3, 0.4) is 0 Å². The first kappa shape index (κ1) is 13.2. The summed E-state index contributed by atoms with van der Waals surface area (Å²) in [7, 11) is 0. The first-order valence-electron chi connectivity index (χ1n) is 6.10. The molecule has 4 nitrogen and oxygen atoms in total. The summed E-state index contributed by atoms with van der Waals surface area (Å²) in [6, 6.07) is 0. The van der Waals surface area contributed by atoms with Crippen LogP contribution >= 0.6 is 23.1 Å². The van der Waals surface area contributed by atoms with Gasteiger partial charge in [0.25, 0.3) is 0 Å². The van der Waals surface area contributed by atoms with Crippen LogP contribution in [0.4, 0.5) is 0 Å². The molecule has 0 N–H and O–H groups in total. The predicted octanol–water partition coefficient (Wildman–Crippen LogP) is 2.58. The van der Waals surface area contributed by atoms with Crippen molar-refractivity contribution in [2.75, 3.05) is 19.7 Å². The topological polar surface area (TPSA) is 38.2 Å². The van der Waals surface area contributed by atoms with E-state index in [1.807, 2.05) is 0 Å². The molecule has 2 heterocycles. The average Bonchev–Trinajstić information content (AvgIpc) is 2.73. The highest BCUT2D eigenvalue weighted by Crippen LogP contribution is 2.21. The fraction of sp³-hybridized carbons (Fsp3) is 0.818. The molecule has 0 bridgehead atoms. The minimum absolute atomic E-state index is 0.370. The van der Waals surface area contributed by atoms with Crippen molar-refractivity contribution in [1.29, 1.82) is 0 Å². The van der Waals surface area contributed by atoms with Crippen LogP contribution in [0.5, 0.6) is 0 Å². The van der Waals surface area contributed by atoms with Crippen molar-refractivity contribution < 1.29 is 4.74 Å². The van der Waals surface area contributed by atoms with Crippen molar-refractivity contribution in [2.24, 2.45) is 0 Å². The number of hydrogen-bond donors (Lipinski definition) is 0. The van der Waals surface area contributed by atoms with Crippen molar-refractivity contribution in [3.63, 3.8) is 0 Å². The molecule has 1 fully saturated rings. The molecule has 1 aliphatic rings. The molecule has 1 aliphatic heterocycles. The van der Waals surface area contributed by atoms with Crippen LogP contribution in [-0.4, -0.2) is 40.3 Å². The number of likely N-dealkylation sites (tertiary alicyclic amines) is 1. The van der Waals surface area contributed by atoms with Crippen molar-refractivity contribution in [3.8, 4) is 0 Å². The van der Waals surface area contributed by atoms with Gasteiger partial charge in [-0.05, 0) is 25.8 Å². The van der Waals surface area contributed by atoms with Gasteiger partial charge in [0.1, 0.15) is 10.0 Å². The molecule has 1 aromatic rings. The monoisotopic (exact) mass is 275 g/mol. The number of ether oxygens (including phenoxy) is 1. The molecule has 0 spiro atoms. The Kier molecular flexibility index (Phi) is 5.16. The first-order chi connectivity index (χ1) is 8.29. The van der Waals surface area contributed by atoms with E-state index in [1.54, 1.807) is 0 Å². The van der Waals surface area contributed by atoms with Gasteiger partial charge in [-0.2, -0.15) is 0 Å². The van der Waals surface area contributed by atoms with Gasteiger partial charge >= 0.3 is 0 Å². The zero-order valence-electron chi connectivity index (χ0n) is 10.1. The lowest BCUT2D eigenvalue weighted by molar-refractivity contribution is -0.00251. The van der Waals surface area contributed by atoms with Crippen molar-refractivity contribution in [2.45, 2.75) is 38.8 Å². The van der Waals surface area contributed by atoms with Gasteiger partial charge < -0.3 is 4.74 Å². The maximum absolute atomic E-state index is 6.01. The van der Waals surface area contributed by atoms with Gasteiger partial charge in [0.05, 0.1) is 6.10 Å². The maximum Gasteiger partial charge on any atom is 0.138 e. The molecule has 17 heavy (non-hydrogen) atoms. The van der Waals surface area contributed by atoms with Crippen LogP contribution in [0.2, 0.25) is 4.34 Å². The first-order valence-corrected chi connectivity index (χ1v) is 7.25. The van der Waals surface area contributed by atoms with E-state index in [0.717, 1.165) is 38.4 Å². The average molecular weight is 276 g/mol. The molecule has 0 aromatic carbocycles. The smallest absolute Gasteiger partial charge is 0.138 e. The molecule has 0 amide bonds. The van der Waals surface area contributed by atoms with Crippen LogP contribution in [0.25, 0.3) is 0 Å². The van der Waals surface area contributed by atoms with Crippen molar-refractivity contribution >= 4 is 23.1 Å². The number of rotatable bonds is 5. The summed E-state index contributed by atoms with van der Waals surface area (Å²) < 4.78 is 10.4. The molecular weight excluding hydrogens is 258 g/mol. The quantitative estimate of drug-likeness (QED) is 0.828. The standard InChI is InChI=1S/C11H18ClN3OS/c1-2-6-16-9-4-3-5-15(7-9)8-10-11(12)17-14-13-10/h9H,2-8H2,1H3. The molecule has 1 unspecified atom stereocenters. The third-order valence-corrected chi connectivity index (χ3v) is 3.89. The summed E-state index contributed by atoms with van der Waals surface area (Å²) in [5.41, 5.74) is 0.896. The zero-order chi connectivity index (χ0) is 12.1. The summed E-state index contributed by atoms with van der Waals surface area (Å²) in [4.78, 5) is 2.35. The van der Waals surface area contributed by atoms with Gasteiger partial charge in [0.15, 0.2) is 0 Å². The number of hydrogen-bond acceptors (Lipinski definition) is 5. The van der Waals surface area contributed by atoms with Crippen molar-refractivity contribution in [1.82, 2.24) is 14.5 Å². The van der Waals surface area contributed by atoms with E-state index < -0.39 is 0 Å². The number of halogens is 1. The molecule has 0 aliphatic carbocycles. The Morgan fingerprint density at radius 1 is 1.59 bits per heavy atom. The molecule has 2 rings (SSSR count). The Balaban J connectivity index is 1.83. The highest BCUT2D eigenvalue weighted by molar-refractivity contribution is 7.10. The summed E-state index contributed by atoms with van der Waals surface area (Å²) in [6.07, 6.45) is 3.80. The van der Waals surface area contributed by atoms with Gasteiger partial charge in [-0.25, -0.2) is 0 Å². The van der Waals surface area contributed by atoms with E-state index in [4.69, 9.17) is 16.3 Å². The lowest BCUT2D eigenvalue weighted by Gasteiger charge is -2.32. The fourth-order valence-electron chi connectivity index (χ4n) is 2.08. The van der Waals surface area contributed by atoms with Crippen LogP contribution in [0.15, 0.2) is 0 Å². The molecular formula is C11H18ClN3OS. The van der Waals surface area contributed by atoms with E-state index >= 15 is 0 Å². The molecule has 1 atom stereocenters. The molecule has 0 radical (unpaired) electrons. The molecule has 1 aromatic heterocycles. The Morgan fingerprint density at radius 3 is 3.18 bits per heavy atom. The normalized spacial score (nSPS) is 21.9. The van der Waals surface area contributed by atoms with Gasteiger partial charge in [0.2, 0.25) is 0 Å². The third-order valence-electron chi connectivity index (χ3n) is 2.90. The molecule has 0 saturated carbocycles. The number of nitrogens with zero attached hydrogens (tertiary/aromatic N) is 3. The second kappa shape index (κ2) is 6.64. The largest absolute Gasteiger partial charge is 0.377 e. The van der Waals surface area contributed by atoms with Crippen LogP contribution in [0.1, 0.15) is 31.9 Å². The van der Waals surface area contributed by atoms with Gasteiger partial charge in [-0.15, -0.1) is 5.10 Å². The second-order valence-electron chi connectivity index (χ2n) is 4.36. The predicted molar refractivity (Wildman–Crippen MR) is 69.5 cm³/mol. The van der Waals surface area contributed by atoms with E-state index in [9.17, 15) is 0 Å². The molecule has 96 valence electrons. The number of aromatic nitrogens is 2. The second-order valence-corrected chi connectivity index (χ2v) is 5.72. The van der Waals surface area contributed by atoms with Crippen LogP contribution < -0.4 is 0 Å². The van der Waals surface area contributed by atoms with Gasteiger partial charge in [0, 0.05) is 31.2 Å². The minimum Gasteiger partial charge on any atom is -0.377 e. The summed E-state index contributed by atoms with van der Waals surface area (Å²) in [6.45, 7) is 5.87. The minimum atomic E-state index is 0.370. The van der Waals surface area contributed by atoms with E-state index in [2.05, 4.69) is 21.4 Å². The zero-order valence-corrected chi connectivity index (χ0v) is 11.6.